The summed E-state index contributed by atoms with van der Waals surface area (Å²) in [5.41, 5.74) is 0.441. The van der Waals surface area contributed by atoms with Gasteiger partial charge in [0.2, 0.25) is 0 Å². The Morgan fingerprint density at radius 1 is 1.33 bits per heavy atom. The first-order chi connectivity index (χ1) is 8.69. The van der Waals surface area contributed by atoms with Gasteiger partial charge in [-0.05, 0) is 38.0 Å². The minimum Gasteiger partial charge on any atom is -0.466 e. The summed E-state index contributed by atoms with van der Waals surface area (Å²) in [5, 5.41) is 8.94. The van der Waals surface area contributed by atoms with Gasteiger partial charge in [-0.1, -0.05) is 25.5 Å². The number of nitrogens with zero attached hydrogens (tertiary/aromatic N) is 1. The van der Waals surface area contributed by atoms with Crippen LogP contribution in [0.5, 0.6) is 0 Å². The van der Waals surface area contributed by atoms with Crippen LogP contribution in [0.15, 0.2) is 0 Å². The van der Waals surface area contributed by atoms with Gasteiger partial charge in [-0.25, -0.2) is 5.26 Å². The van der Waals surface area contributed by atoms with Gasteiger partial charge in [-0.15, -0.1) is 0 Å². The van der Waals surface area contributed by atoms with Crippen molar-refractivity contribution < 1.29 is 9.53 Å². The molecule has 1 spiro atoms. The second-order valence-electron chi connectivity index (χ2n) is 5.93. The van der Waals surface area contributed by atoms with E-state index in [0.29, 0.717) is 12.0 Å². The Balaban J connectivity index is 1.83. The molecule has 0 amide bonds. The van der Waals surface area contributed by atoms with E-state index in [-0.39, 0.29) is 18.6 Å². The molecule has 0 unspecified atom stereocenters. The van der Waals surface area contributed by atoms with Gasteiger partial charge in [0.25, 0.3) is 6.71 Å². The third-order valence-corrected chi connectivity index (χ3v) is 4.90. The van der Waals surface area contributed by atoms with E-state index in [4.69, 9.17) is 10.00 Å². The van der Waals surface area contributed by atoms with Crippen LogP contribution >= 0.6 is 0 Å². The van der Waals surface area contributed by atoms with Gasteiger partial charge in [0.05, 0.1) is 12.5 Å². The van der Waals surface area contributed by atoms with Gasteiger partial charge in [0, 0.05) is 5.97 Å². The molecule has 0 aromatic heterocycles. The largest absolute Gasteiger partial charge is 0.466 e. The maximum atomic E-state index is 11.7. The lowest BCUT2D eigenvalue weighted by Gasteiger charge is -2.43. The van der Waals surface area contributed by atoms with Crippen molar-refractivity contribution in [3.8, 4) is 5.97 Å². The highest BCUT2D eigenvalue weighted by Crippen LogP contribution is 2.49. The summed E-state index contributed by atoms with van der Waals surface area (Å²) >= 11 is 0. The molecular weight excluding hydrogens is 225 g/mol. The molecule has 0 radical (unpaired) electrons. The number of carbonyl (C=O) groups excluding carboxylic acids is 1. The molecule has 98 valence electrons. The van der Waals surface area contributed by atoms with E-state index < -0.39 is 0 Å². The standard InChI is InChI=1S/C14H22BNO2/c1-2-18-13(17)12-3-5-14(6-4-12)7-9-15(11-16)10-8-14/h12H,2-10H2,1H3. The van der Waals surface area contributed by atoms with Gasteiger partial charge in [-0.3, -0.25) is 4.79 Å². The summed E-state index contributed by atoms with van der Waals surface area (Å²) in [4.78, 5) is 11.7. The average molecular weight is 247 g/mol. The summed E-state index contributed by atoms with van der Waals surface area (Å²) in [6.07, 6.45) is 8.73. The molecule has 0 atom stereocenters. The number of hydrogen-bond donors (Lipinski definition) is 0. The fraction of sp³-hybridized carbons (Fsp3) is 0.857. The predicted octanol–water partition coefficient (Wildman–Crippen LogP) is 3.08. The molecule has 1 saturated heterocycles. The van der Waals surface area contributed by atoms with Gasteiger partial charge >= 0.3 is 5.97 Å². The monoisotopic (exact) mass is 247 g/mol. The van der Waals surface area contributed by atoms with Crippen LogP contribution in [0.3, 0.4) is 0 Å². The van der Waals surface area contributed by atoms with E-state index in [1.807, 2.05) is 6.92 Å². The van der Waals surface area contributed by atoms with Gasteiger partial charge < -0.3 is 4.74 Å². The second-order valence-corrected chi connectivity index (χ2v) is 5.93. The molecule has 4 heteroatoms. The van der Waals surface area contributed by atoms with Crippen molar-refractivity contribution >= 4 is 12.7 Å². The van der Waals surface area contributed by atoms with Crippen LogP contribution in [-0.2, 0) is 9.53 Å². The Labute approximate surface area is 110 Å². The van der Waals surface area contributed by atoms with Gasteiger partial charge in [0.1, 0.15) is 0 Å². The molecule has 1 saturated carbocycles. The number of ether oxygens (including phenoxy) is 1. The molecule has 0 N–H and O–H groups in total. The molecular formula is C14H22BNO2. The first-order valence-corrected chi connectivity index (χ1v) is 7.25. The maximum Gasteiger partial charge on any atom is 0.308 e. The zero-order chi connectivity index (χ0) is 13.0. The minimum atomic E-state index is -0.00180. The molecule has 18 heavy (non-hydrogen) atoms. The highest BCUT2D eigenvalue weighted by Gasteiger charge is 2.41. The lowest BCUT2D eigenvalue weighted by atomic mass is 9.38. The van der Waals surface area contributed by atoms with E-state index in [2.05, 4.69) is 5.97 Å². The molecule has 0 aromatic rings. The lowest BCUT2D eigenvalue weighted by Crippen LogP contribution is -2.36. The number of nitriles is 1. The Kier molecular flexibility index (Phi) is 4.32. The third kappa shape index (κ3) is 2.88. The van der Waals surface area contributed by atoms with Crippen LogP contribution in [0.4, 0.5) is 0 Å². The lowest BCUT2D eigenvalue weighted by molar-refractivity contribution is -0.150. The van der Waals surface area contributed by atoms with Crippen molar-refractivity contribution in [3.05, 3.63) is 0 Å². The zero-order valence-corrected chi connectivity index (χ0v) is 11.3. The Morgan fingerprint density at radius 2 is 1.94 bits per heavy atom. The summed E-state index contributed by atoms with van der Waals surface area (Å²) < 4.78 is 5.11. The van der Waals surface area contributed by atoms with Crippen LogP contribution in [0.2, 0.25) is 12.6 Å². The van der Waals surface area contributed by atoms with Crippen molar-refractivity contribution in [1.82, 2.24) is 0 Å². The van der Waals surface area contributed by atoms with Crippen molar-refractivity contribution in [2.75, 3.05) is 6.61 Å². The molecule has 0 aromatic carbocycles. The van der Waals surface area contributed by atoms with E-state index >= 15 is 0 Å². The molecule has 2 fully saturated rings. The summed E-state index contributed by atoms with van der Waals surface area (Å²) in [6, 6.07) is 0. The number of carbonyl (C=O) groups is 1. The van der Waals surface area contributed by atoms with Crippen LogP contribution in [-0.4, -0.2) is 19.3 Å². The number of rotatable bonds is 2. The number of hydrogen-bond acceptors (Lipinski definition) is 3. The average Bonchev–Trinajstić information content (AvgIpc) is 2.41. The summed E-state index contributed by atoms with van der Waals surface area (Å²) in [5.74, 6) is 2.52. The van der Waals surface area contributed by atoms with E-state index in [0.717, 1.165) is 38.3 Å². The minimum absolute atomic E-state index is 0.00180. The van der Waals surface area contributed by atoms with Crippen molar-refractivity contribution in [3.63, 3.8) is 0 Å². The highest BCUT2D eigenvalue weighted by molar-refractivity contribution is 6.67. The molecule has 1 aliphatic heterocycles. The second kappa shape index (κ2) is 5.78. The molecule has 3 nitrogen and oxygen atoms in total. The first kappa shape index (κ1) is 13.5. The van der Waals surface area contributed by atoms with Crippen molar-refractivity contribution in [1.29, 1.82) is 5.26 Å². The fourth-order valence-electron chi connectivity index (χ4n) is 3.59. The summed E-state index contributed by atoms with van der Waals surface area (Å²) in [7, 11) is 0. The SMILES string of the molecule is CCOC(=O)C1CCC2(CCB(C#N)CC2)CC1. The Bertz CT molecular complexity index is 332. The van der Waals surface area contributed by atoms with Crippen molar-refractivity contribution in [2.45, 2.75) is 58.1 Å². The zero-order valence-electron chi connectivity index (χ0n) is 11.3. The van der Waals surface area contributed by atoms with Crippen LogP contribution in [0.25, 0.3) is 0 Å². The Hall–Kier alpha value is -0.975. The van der Waals surface area contributed by atoms with Gasteiger partial charge in [-0.2, -0.15) is 0 Å². The molecule has 2 aliphatic rings. The van der Waals surface area contributed by atoms with Crippen LogP contribution < -0.4 is 0 Å². The normalized spacial score (nSPS) is 23.7. The number of esters is 1. The fourth-order valence-corrected chi connectivity index (χ4v) is 3.59. The third-order valence-electron chi connectivity index (χ3n) is 4.90. The molecule has 2 rings (SSSR count). The van der Waals surface area contributed by atoms with Crippen molar-refractivity contribution in [2.24, 2.45) is 11.3 Å². The van der Waals surface area contributed by atoms with Crippen LogP contribution in [0, 0.1) is 22.6 Å². The molecule has 1 heterocycles. The van der Waals surface area contributed by atoms with E-state index in [1.54, 1.807) is 0 Å². The summed E-state index contributed by atoms with van der Waals surface area (Å²) in [6.45, 7) is 2.63. The van der Waals surface area contributed by atoms with E-state index in [1.165, 1.54) is 12.8 Å². The van der Waals surface area contributed by atoms with Crippen LogP contribution in [0.1, 0.15) is 45.4 Å². The quantitative estimate of drug-likeness (QED) is 0.556. The molecule has 1 aliphatic carbocycles. The highest BCUT2D eigenvalue weighted by atomic mass is 16.5. The van der Waals surface area contributed by atoms with Gasteiger partial charge in [0.15, 0.2) is 0 Å². The topological polar surface area (TPSA) is 50.1 Å². The smallest absolute Gasteiger partial charge is 0.308 e. The predicted molar refractivity (Wildman–Crippen MR) is 71.2 cm³/mol. The maximum absolute atomic E-state index is 11.7. The Morgan fingerprint density at radius 3 is 2.44 bits per heavy atom. The van der Waals surface area contributed by atoms with E-state index in [9.17, 15) is 4.79 Å². The first-order valence-electron chi connectivity index (χ1n) is 7.25. The molecule has 0 bridgehead atoms.